The minimum absolute atomic E-state index is 0.150. The van der Waals surface area contributed by atoms with E-state index >= 15 is 0 Å². The van der Waals surface area contributed by atoms with Crippen molar-refractivity contribution in [3.63, 3.8) is 0 Å². The molecule has 2 aliphatic heterocycles. The molecule has 0 saturated carbocycles. The number of nitrogens with one attached hydrogen (secondary N) is 3. The lowest BCUT2D eigenvalue weighted by Crippen LogP contribution is -2.49. The maximum Gasteiger partial charge on any atom is 0.408 e. The van der Waals surface area contributed by atoms with Crippen molar-refractivity contribution in [2.45, 2.75) is 57.7 Å². The van der Waals surface area contributed by atoms with Crippen LogP contribution in [0.1, 0.15) is 40.5 Å². The first-order valence-corrected chi connectivity index (χ1v) is 7.38. The smallest absolute Gasteiger partial charge is 0.408 e. The molecule has 6 heteroatoms. The number of ether oxygens (including phenoxy) is 1. The third-order valence-corrected chi connectivity index (χ3v) is 3.27. The summed E-state index contributed by atoms with van der Waals surface area (Å²) >= 11 is 0. The third kappa shape index (κ3) is 7.07. The van der Waals surface area contributed by atoms with E-state index in [0.29, 0.717) is 6.04 Å². The highest BCUT2D eigenvalue weighted by Gasteiger charge is 2.31. The Labute approximate surface area is 122 Å². The molecule has 2 heterocycles. The summed E-state index contributed by atoms with van der Waals surface area (Å²) in [5, 5.41) is 9.25. The van der Waals surface area contributed by atoms with Crippen LogP contribution in [0.5, 0.6) is 0 Å². The van der Waals surface area contributed by atoms with Crippen LogP contribution in [0.15, 0.2) is 0 Å². The van der Waals surface area contributed by atoms with Crippen LogP contribution >= 0.6 is 0 Å². The van der Waals surface area contributed by atoms with E-state index in [9.17, 15) is 4.79 Å². The molecule has 0 bridgehead atoms. The molecule has 118 valence electrons. The molecule has 1 amide bonds. The van der Waals surface area contributed by atoms with Crippen LogP contribution in [0.3, 0.4) is 0 Å². The van der Waals surface area contributed by atoms with Gasteiger partial charge in [-0.25, -0.2) is 4.79 Å². The largest absolute Gasteiger partial charge is 0.444 e. The maximum absolute atomic E-state index is 11.5. The van der Waals surface area contributed by atoms with Gasteiger partial charge in [-0.05, 0) is 53.6 Å². The molecule has 5 N–H and O–H groups in total. The van der Waals surface area contributed by atoms with E-state index in [1.54, 1.807) is 0 Å². The highest BCUT2D eigenvalue weighted by molar-refractivity contribution is 5.68. The molecule has 2 aliphatic rings. The standard InChI is InChI=1S/C10H20N2O2.C4H10N2/c1-9(2,3)14-8(13)12-10(4)5-6-11-7-10;5-4-1-2-6-3-4/h11H,5-7H2,1-4H3,(H,12,13);4,6H,1-3,5H2/t10-;/m0./s1. The number of alkyl carbamates (subject to hydrolysis) is 1. The zero-order chi connectivity index (χ0) is 15.2. The maximum atomic E-state index is 11.5. The van der Waals surface area contributed by atoms with Gasteiger partial charge in [0, 0.05) is 19.1 Å². The van der Waals surface area contributed by atoms with E-state index in [4.69, 9.17) is 10.5 Å². The summed E-state index contributed by atoms with van der Waals surface area (Å²) < 4.78 is 5.19. The van der Waals surface area contributed by atoms with Crippen LogP contribution in [0.4, 0.5) is 4.79 Å². The van der Waals surface area contributed by atoms with Gasteiger partial charge < -0.3 is 26.4 Å². The topological polar surface area (TPSA) is 88.4 Å². The average Bonchev–Trinajstić information content (AvgIpc) is 2.88. The molecular weight excluding hydrogens is 256 g/mol. The Hall–Kier alpha value is -0.850. The fourth-order valence-corrected chi connectivity index (χ4v) is 2.15. The van der Waals surface area contributed by atoms with Crippen LogP contribution in [-0.4, -0.2) is 49.5 Å². The summed E-state index contributed by atoms with van der Waals surface area (Å²) in [7, 11) is 0. The summed E-state index contributed by atoms with van der Waals surface area (Å²) in [6.45, 7) is 11.5. The van der Waals surface area contributed by atoms with E-state index in [0.717, 1.165) is 39.0 Å². The lowest BCUT2D eigenvalue weighted by atomic mass is 10.0. The molecule has 2 saturated heterocycles. The Morgan fingerprint density at radius 1 is 1.35 bits per heavy atom. The number of amides is 1. The molecule has 2 rings (SSSR count). The van der Waals surface area contributed by atoms with Gasteiger partial charge >= 0.3 is 6.09 Å². The van der Waals surface area contributed by atoms with Gasteiger partial charge in [0.1, 0.15) is 5.60 Å². The normalized spacial score (nSPS) is 29.6. The third-order valence-electron chi connectivity index (χ3n) is 3.27. The molecule has 0 radical (unpaired) electrons. The molecule has 0 aromatic heterocycles. The molecule has 0 aromatic rings. The molecule has 2 atom stereocenters. The minimum Gasteiger partial charge on any atom is -0.444 e. The second-order valence-corrected chi connectivity index (χ2v) is 6.87. The average molecular weight is 286 g/mol. The van der Waals surface area contributed by atoms with Crippen LogP contribution < -0.4 is 21.7 Å². The Morgan fingerprint density at radius 3 is 2.40 bits per heavy atom. The predicted octanol–water partition coefficient (Wildman–Crippen LogP) is 0.570. The lowest BCUT2D eigenvalue weighted by Gasteiger charge is -2.27. The SMILES string of the molecule is CC(C)(C)OC(=O)N[C@@]1(C)CCNC1.NC1CCNC1. The number of hydrogen-bond acceptors (Lipinski definition) is 5. The minimum atomic E-state index is -0.424. The van der Waals surface area contributed by atoms with E-state index in [-0.39, 0.29) is 11.6 Å². The summed E-state index contributed by atoms with van der Waals surface area (Å²) in [6.07, 6.45) is 1.77. The monoisotopic (exact) mass is 286 g/mol. The van der Waals surface area contributed by atoms with Crippen LogP contribution in [0, 0.1) is 0 Å². The van der Waals surface area contributed by atoms with Crippen molar-refractivity contribution in [2.75, 3.05) is 26.2 Å². The zero-order valence-corrected chi connectivity index (χ0v) is 13.2. The van der Waals surface area contributed by atoms with Gasteiger partial charge in [0.2, 0.25) is 0 Å². The van der Waals surface area contributed by atoms with E-state index in [1.807, 2.05) is 27.7 Å². The zero-order valence-electron chi connectivity index (χ0n) is 13.2. The van der Waals surface area contributed by atoms with Gasteiger partial charge in [0.25, 0.3) is 0 Å². The van der Waals surface area contributed by atoms with E-state index < -0.39 is 5.60 Å². The summed E-state index contributed by atoms with van der Waals surface area (Å²) in [4.78, 5) is 11.5. The van der Waals surface area contributed by atoms with Crippen LogP contribution in [0.2, 0.25) is 0 Å². The van der Waals surface area contributed by atoms with Crippen molar-refractivity contribution in [3.8, 4) is 0 Å². The highest BCUT2D eigenvalue weighted by Crippen LogP contribution is 2.15. The summed E-state index contributed by atoms with van der Waals surface area (Å²) in [6, 6.07) is 0.435. The van der Waals surface area contributed by atoms with Crippen LogP contribution in [-0.2, 0) is 4.74 Å². The van der Waals surface area contributed by atoms with Crippen molar-refractivity contribution in [1.29, 1.82) is 0 Å². The predicted molar refractivity (Wildman–Crippen MR) is 80.7 cm³/mol. The molecule has 0 aromatic carbocycles. The summed E-state index contributed by atoms with van der Waals surface area (Å²) in [5.41, 5.74) is 4.90. The Balaban J connectivity index is 0.000000276. The van der Waals surface area contributed by atoms with Gasteiger partial charge in [0.15, 0.2) is 0 Å². The Bertz CT molecular complexity index is 303. The first-order valence-electron chi connectivity index (χ1n) is 7.38. The van der Waals surface area contributed by atoms with Gasteiger partial charge in [0.05, 0.1) is 5.54 Å². The second kappa shape index (κ2) is 7.24. The van der Waals surface area contributed by atoms with Crippen LogP contribution in [0.25, 0.3) is 0 Å². The van der Waals surface area contributed by atoms with Gasteiger partial charge in [-0.1, -0.05) is 0 Å². The van der Waals surface area contributed by atoms with Gasteiger partial charge in [-0.15, -0.1) is 0 Å². The Morgan fingerprint density at radius 2 is 2.05 bits per heavy atom. The van der Waals surface area contributed by atoms with Crippen molar-refractivity contribution in [2.24, 2.45) is 5.73 Å². The van der Waals surface area contributed by atoms with E-state index in [1.165, 1.54) is 0 Å². The molecule has 2 fully saturated rings. The van der Waals surface area contributed by atoms with Gasteiger partial charge in [-0.2, -0.15) is 0 Å². The number of carbonyl (C=O) groups is 1. The first-order chi connectivity index (χ1) is 9.20. The molecule has 1 unspecified atom stereocenters. The molecule has 0 aliphatic carbocycles. The van der Waals surface area contributed by atoms with Crippen molar-refractivity contribution >= 4 is 6.09 Å². The number of hydrogen-bond donors (Lipinski definition) is 4. The Kier molecular flexibility index (Phi) is 6.23. The van der Waals surface area contributed by atoms with Crippen molar-refractivity contribution in [1.82, 2.24) is 16.0 Å². The second-order valence-electron chi connectivity index (χ2n) is 6.87. The number of carbonyl (C=O) groups excluding carboxylic acids is 1. The number of nitrogens with two attached hydrogens (primary N) is 1. The fourth-order valence-electron chi connectivity index (χ4n) is 2.15. The van der Waals surface area contributed by atoms with Crippen molar-refractivity contribution in [3.05, 3.63) is 0 Å². The number of rotatable bonds is 1. The first kappa shape index (κ1) is 17.2. The van der Waals surface area contributed by atoms with E-state index in [2.05, 4.69) is 16.0 Å². The summed E-state index contributed by atoms with van der Waals surface area (Å²) in [5.74, 6) is 0. The lowest BCUT2D eigenvalue weighted by molar-refractivity contribution is 0.0472. The molecule has 6 nitrogen and oxygen atoms in total. The molecular formula is C14H30N4O2. The molecule has 0 spiro atoms. The molecule has 20 heavy (non-hydrogen) atoms. The quantitative estimate of drug-likeness (QED) is 0.566. The van der Waals surface area contributed by atoms with Gasteiger partial charge in [-0.3, -0.25) is 0 Å². The fraction of sp³-hybridized carbons (Fsp3) is 0.929. The van der Waals surface area contributed by atoms with Crippen molar-refractivity contribution < 1.29 is 9.53 Å². The highest BCUT2D eigenvalue weighted by atomic mass is 16.6.